The molecule has 0 aliphatic carbocycles. The minimum Gasteiger partial charge on any atom is -0.495 e. The van der Waals surface area contributed by atoms with Crippen molar-refractivity contribution >= 4 is 11.6 Å². The monoisotopic (exact) mass is 298 g/mol. The second kappa shape index (κ2) is 6.08. The summed E-state index contributed by atoms with van der Waals surface area (Å²) in [5.74, 6) is 2.13. The minimum absolute atomic E-state index is 0.560. The first-order chi connectivity index (χ1) is 9.79. The van der Waals surface area contributed by atoms with Crippen LogP contribution >= 0.6 is 11.6 Å². The molecule has 1 aromatic rings. The van der Waals surface area contributed by atoms with Gasteiger partial charge in [-0.15, -0.1) is 0 Å². The highest BCUT2D eigenvalue weighted by atomic mass is 35.5. The van der Waals surface area contributed by atoms with Crippen LogP contribution in [0.1, 0.15) is 5.56 Å². The summed E-state index contributed by atoms with van der Waals surface area (Å²) < 4.78 is 16.8. The second-order valence-corrected chi connectivity index (χ2v) is 5.30. The summed E-state index contributed by atoms with van der Waals surface area (Å²) in [4.78, 5) is 2.36. The molecule has 0 saturated carbocycles. The molecule has 2 aliphatic rings. The number of hydrogen-bond acceptors (Lipinski definition) is 5. The predicted octanol–water partition coefficient (Wildman–Crippen LogP) is 1.52. The van der Waals surface area contributed by atoms with Gasteiger partial charge in [-0.25, -0.2) is 0 Å². The Morgan fingerprint density at radius 3 is 2.80 bits per heavy atom. The molecule has 0 radical (unpaired) electrons. The number of benzene rings is 1. The first kappa shape index (κ1) is 13.8. The van der Waals surface area contributed by atoms with Crippen molar-refractivity contribution in [3.63, 3.8) is 0 Å². The molecule has 0 unspecified atom stereocenters. The van der Waals surface area contributed by atoms with Crippen LogP contribution in [0.15, 0.2) is 6.07 Å². The van der Waals surface area contributed by atoms with Gasteiger partial charge in [0.05, 0.1) is 12.1 Å². The average molecular weight is 299 g/mol. The Bertz CT molecular complexity index is 490. The van der Waals surface area contributed by atoms with Gasteiger partial charge in [0.1, 0.15) is 19.0 Å². The van der Waals surface area contributed by atoms with Gasteiger partial charge in [0, 0.05) is 44.4 Å². The van der Waals surface area contributed by atoms with E-state index in [1.807, 2.05) is 0 Å². The second-order valence-electron chi connectivity index (χ2n) is 4.92. The van der Waals surface area contributed by atoms with E-state index in [1.54, 1.807) is 13.2 Å². The summed E-state index contributed by atoms with van der Waals surface area (Å²) >= 11 is 6.46. The maximum Gasteiger partial charge on any atom is 0.167 e. The van der Waals surface area contributed by atoms with Gasteiger partial charge < -0.3 is 19.5 Å². The molecule has 1 aromatic carbocycles. The summed E-state index contributed by atoms with van der Waals surface area (Å²) in [6.45, 7) is 5.88. The fourth-order valence-corrected chi connectivity index (χ4v) is 2.87. The smallest absolute Gasteiger partial charge is 0.167 e. The van der Waals surface area contributed by atoms with Crippen molar-refractivity contribution in [2.75, 3.05) is 46.5 Å². The molecule has 0 spiro atoms. The number of nitrogens with one attached hydrogen (secondary N) is 1. The third-order valence-electron chi connectivity index (χ3n) is 3.64. The third-order valence-corrected chi connectivity index (χ3v) is 4.05. The molecule has 1 N–H and O–H groups in total. The Balaban J connectivity index is 1.93. The number of rotatable bonds is 3. The van der Waals surface area contributed by atoms with Gasteiger partial charge in [-0.3, -0.25) is 4.90 Å². The highest BCUT2D eigenvalue weighted by Crippen LogP contribution is 2.44. The topological polar surface area (TPSA) is 43.0 Å². The highest BCUT2D eigenvalue weighted by Gasteiger charge is 2.24. The Kier molecular flexibility index (Phi) is 4.19. The normalized spacial score (nSPS) is 18.9. The quantitative estimate of drug-likeness (QED) is 0.917. The van der Waals surface area contributed by atoms with E-state index in [0.717, 1.165) is 49.8 Å². The van der Waals surface area contributed by atoms with Crippen molar-refractivity contribution in [2.24, 2.45) is 0 Å². The first-order valence-corrected chi connectivity index (χ1v) is 7.25. The van der Waals surface area contributed by atoms with E-state index in [2.05, 4.69) is 10.2 Å². The van der Waals surface area contributed by atoms with E-state index in [1.165, 1.54) is 0 Å². The van der Waals surface area contributed by atoms with Crippen molar-refractivity contribution in [1.29, 1.82) is 0 Å². The molecule has 1 fully saturated rings. The summed E-state index contributed by atoms with van der Waals surface area (Å²) in [5, 5.41) is 3.97. The lowest BCUT2D eigenvalue weighted by Gasteiger charge is -2.30. The van der Waals surface area contributed by atoms with E-state index in [4.69, 9.17) is 25.8 Å². The molecular formula is C14H19ClN2O3. The molecule has 0 aromatic heterocycles. The number of fused-ring (bicyclic) bond motifs is 1. The standard InChI is InChI=1S/C14H19ClN2O3/c1-18-11-8-12-14(20-7-6-19-12)10(13(11)15)9-17-4-2-16-3-5-17/h8,16H,2-7,9H2,1H3. The first-order valence-electron chi connectivity index (χ1n) is 6.87. The molecule has 3 rings (SSSR count). The van der Waals surface area contributed by atoms with Gasteiger partial charge in [-0.1, -0.05) is 11.6 Å². The Labute approximate surface area is 123 Å². The Morgan fingerprint density at radius 2 is 2.05 bits per heavy atom. The van der Waals surface area contributed by atoms with Crippen LogP contribution in [0, 0.1) is 0 Å². The van der Waals surface area contributed by atoms with Gasteiger partial charge in [0.2, 0.25) is 0 Å². The minimum atomic E-state index is 0.560. The lowest BCUT2D eigenvalue weighted by Crippen LogP contribution is -2.43. The van der Waals surface area contributed by atoms with Crippen LogP contribution in [-0.2, 0) is 6.54 Å². The van der Waals surface area contributed by atoms with Gasteiger partial charge >= 0.3 is 0 Å². The lowest BCUT2D eigenvalue weighted by molar-refractivity contribution is 0.164. The molecule has 20 heavy (non-hydrogen) atoms. The molecule has 1 saturated heterocycles. The third kappa shape index (κ3) is 2.66. The van der Waals surface area contributed by atoms with E-state index >= 15 is 0 Å². The maximum absolute atomic E-state index is 6.46. The van der Waals surface area contributed by atoms with Crippen LogP contribution < -0.4 is 19.5 Å². The molecule has 0 atom stereocenters. The van der Waals surface area contributed by atoms with Gasteiger partial charge in [0.25, 0.3) is 0 Å². The molecule has 2 aliphatic heterocycles. The predicted molar refractivity (Wildman–Crippen MR) is 77.1 cm³/mol. The lowest BCUT2D eigenvalue weighted by atomic mass is 10.1. The molecule has 5 nitrogen and oxygen atoms in total. The number of methoxy groups -OCH3 is 1. The van der Waals surface area contributed by atoms with Crippen LogP contribution in [-0.4, -0.2) is 51.4 Å². The van der Waals surface area contributed by atoms with E-state index in [9.17, 15) is 0 Å². The maximum atomic E-state index is 6.46. The molecule has 2 heterocycles. The van der Waals surface area contributed by atoms with Crippen molar-refractivity contribution in [2.45, 2.75) is 6.54 Å². The van der Waals surface area contributed by atoms with Gasteiger partial charge in [0.15, 0.2) is 11.5 Å². The summed E-state index contributed by atoms with van der Waals surface area (Å²) in [7, 11) is 1.62. The number of halogens is 1. The zero-order valence-electron chi connectivity index (χ0n) is 11.6. The zero-order chi connectivity index (χ0) is 13.9. The number of piperazine rings is 1. The number of hydrogen-bond donors (Lipinski definition) is 1. The van der Waals surface area contributed by atoms with Crippen LogP contribution in [0.2, 0.25) is 5.02 Å². The van der Waals surface area contributed by atoms with E-state index in [0.29, 0.717) is 24.0 Å². The molecule has 6 heteroatoms. The number of nitrogens with zero attached hydrogens (tertiary/aromatic N) is 1. The molecule has 110 valence electrons. The van der Waals surface area contributed by atoms with Crippen LogP contribution in [0.5, 0.6) is 17.2 Å². The molecular weight excluding hydrogens is 280 g/mol. The van der Waals surface area contributed by atoms with Crippen molar-refractivity contribution in [3.8, 4) is 17.2 Å². The Morgan fingerprint density at radius 1 is 1.30 bits per heavy atom. The van der Waals surface area contributed by atoms with Crippen LogP contribution in [0.4, 0.5) is 0 Å². The van der Waals surface area contributed by atoms with Gasteiger partial charge in [-0.05, 0) is 0 Å². The van der Waals surface area contributed by atoms with Crippen molar-refractivity contribution in [1.82, 2.24) is 10.2 Å². The van der Waals surface area contributed by atoms with E-state index in [-0.39, 0.29) is 0 Å². The fourth-order valence-electron chi connectivity index (χ4n) is 2.59. The van der Waals surface area contributed by atoms with Crippen molar-refractivity contribution in [3.05, 3.63) is 16.7 Å². The van der Waals surface area contributed by atoms with Crippen molar-refractivity contribution < 1.29 is 14.2 Å². The summed E-state index contributed by atoms with van der Waals surface area (Å²) in [6.07, 6.45) is 0. The molecule has 0 bridgehead atoms. The largest absolute Gasteiger partial charge is 0.495 e. The van der Waals surface area contributed by atoms with Crippen LogP contribution in [0.3, 0.4) is 0 Å². The number of ether oxygens (including phenoxy) is 3. The van der Waals surface area contributed by atoms with Gasteiger partial charge in [-0.2, -0.15) is 0 Å². The Hall–Kier alpha value is -1.17. The molecule has 0 amide bonds. The highest BCUT2D eigenvalue weighted by molar-refractivity contribution is 6.33. The summed E-state index contributed by atoms with van der Waals surface area (Å²) in [6, 6.07) is 1.80. The van der Waals surface area contributed by atoms with Crippen LogP contribution in [0.25, 0.3) is 0 Å². The zero-order valence-corrected chi connectivity index (χ0v) is 12.3. The average Bonchev–Trinajstić information content (AvgIpc) is 2.51. The SMILES string of the molecule is COc1cc2c(c(CN3CCNCC3)c1Cl)OCCO2. The fraction of sp³-hybridized carbons (Fsp3) is 0.571. The summed E-state index contributed by atoms with van der Waals surface area (Å²) in [5.41, 5.74) is 0.961. The van der Waals surface area contributed by atoms with E-state index < -0.39 is 0 Å².